The van der Waals surface area contributed by atoms with Crippen LogP contribution in [-0.2, 0) is 9.53 Å². The van der Waals surface area contributed by atoms with E-state index < -0.39 is 12.1 Å². The fourth-order valence-corrected chi connectivity index (χ4v) is 3.43. The highest BCUT2D eigenvalue weighted by atomic mass is 16.5. The highest BCUT2D eigenvalue weighted by Gasteiger charge is 2.34. The molecule has 2 aromatic carbocycles. The van der Waals surface area contributed by atoms with Crippen LogP contribution in [0.4, 0.5) is 0 Å². The summed E-state index contributed by atoms with van der Waals surface area (Å²) < 4.78 is 5.36. The van der Waals surface area contributed by atoms with Gasteiger partial charge in [0, 0.05) is 13.0 Å². The molecule has 3 aromatic rings. The van der Waals surface area contributed by atoms with E-state index in [0.717, 1.165) is 4.90 Å². The van der Waals surface area contributed by atoms with E-state index in [-0.39, 0.29) is 42.6 Å². The monoisotopic (exact) mass is 405 g/mol. The van der Waals surface area contributed by atoms with Gasteiger partial charge in [-0.15, -0.1) is 0 Å². The molecule has 2 amide bonds. The summed E-state index contributed by atoms with van der Waals surface area (Å²) in [6, 6.07) is 13.5. The number of carbonyl (C=O) groups is 3. The summed E-state index contributed by atoms with van der Waals surface area (Å²) in [7, 11) is 0. The molecule has 0 aliphatic carbocycles. The molecule has 2 heterocycles. The number of fused-ring (bicyclic) bond motifs is 2. The van der Waals surface area contributed by atoms with E-state index >= 15 is 0 Å². The molecule has 8 heteroatoms. The lowest BCUT2D eigenvalue weighted by atomic mass is 10.1. The molecule has 0 saturated carbocycles. The smallest absolute Gasteiger partial charge is 0.306 e. The van der Waals surface area contributed by atoms with Crippen molar-refractivity contribution in [1.82, 2.24) is 14.9 Å². The molecule has 152 valence electrons. The normalized spacial score (nSPS) is 14.1. The van der Waals surface area contributed by atoms with E-state index in [4.69, 9.17) is 4.74 Å². The fourth-order valence-electron chi connectivity index (χ4n) is 3.43. The summed E-state index contributed by atoms with van der Waals surface area (Å²) in [5.74, 6) is -0.951. The first-order valence-electron chi connectivity index (χ1n) is 9.59. The van der Waals surface area contributed by atoms with Gasteiger partial charge in [-0.2, -0.15) is 0 Å². The summed E-state index contributed by atoms with van der Waals surface area (Å²) in [4.78, 5) is 57.1. The molecule has 1 N–H and O–H groups in total. The third-order valence-electron chi connectivity index (χ3n) is 4.97. The van der Waals surface area contributed by atoms with Gasteiger partial charge >= 0.3 is 5.97 Å². The van der Waals surface area contributed by atoms with Gasteiger partial charge < -0.3 is 9.72 Å². The van der Waals surface area contributed by atoms with Gasteiger partial charge in [-0.05, 0) is 37.6 Å². The lowest BCUT2D eigenvalue weighted by molar-refractivity contribution is -0.149. The van der Waals surface area contributed by atoms with E-state index in [1.54, 1.807) is 55.5 Å². The number of benzene rings is 2. The van der Waals surface area contributed by atoms with Crippen LogP contribution in [0.3, 0.4) is 0 Å². The third-order valence-corrected chi connectivity index (χ3v) is 4.97. The van der Waals surface area contributed by atoms with E-state index in [1.165, 1.54) is 0 Å². The zero-order valence-electron chi connectivity index (χ0n) is 16.3. The van der Waals surface area contributed by atoms with Gasteiger partial charge in [0.2, 0.25) is 0 Å². The second kappa shape index (κ2) is 7.90. The molecule has 0 fully saturated rings. The van der Waals surface area contributed by atoms with E-state index in [9.17, 15) is 19.2 Å². The predicted molar refractivity (Wildman–Crippen MR) is 108 cm³/mol. The van der Waals surface area contributed by atoms with E-state index in [0.29, 0.717) is 22.0 Å². The van der Waals surface area contributed by atoms with Crippen LogP contribution in [0.1, 0.15) is 52.4 Å². The second-order valence-corrected chi connectivity index (χ2v) is 7.01. The van der Waals surface area contributed by atoms with Crippen molar-refractivity contribution in [3.8, 4) is 0 Å². The number of amides is 2. The van der Waals surface area contributed by atoms with Crippen LogP contribution in [0.2, 0.25) is 0 Å². The van der Waals surface area contributed by atoms with Crippen LogP contribution in [0.25, 0.3) is 10.9 Å². The van der Waals surface area contributed by atoms with Crippen molar-refractivity contribution < 1.29 is 19.1 Å². The molecule has 0 spiro atoms. The zero-order valence-corrected chi connectivity index (χ0v) is 16.3. The number of imide groups is 1. The summed E-state index contributed by atoms with van der Waals surface area (Å²) in [6.07, 6.45) is -0.442. The predicted octanol–water partition coefficient (Wildman–Crippen LogP) is 2.60. The molecule has 1 atom stereocenters. The standard InChI is InChI=1S/C22H19N3O5/c1-13(19-23-17-10-5-4-9-16(17)20(27)24-19)30-18(26)11-6-12-25-21(28)14-7-2-3-8-15(14)22(25)29/h2-5,7-10,13H,6,11-12H2,1H3,(H,23,24,27)/t13-/m1/s1. The number of nitrogens with zero attached hydrogens (tertiary/aromatic N) is 2. The Morgan fingerprint density at radius 3 is 2.37 bits per heavy atom. The van der Waals surface area contributed by atoms with Gasteiger partial charge in [-0.3, -0.25) is 24.1 Å². The first-order valence-corrected chi connectivity index (χ1v) is 9.59. The van der Waals surface area contributed by atoms with Crippen molar-refractivity contribution in [1.29, 1.82) is 0 Å². The average molecular weight is 405 g/mol. The molecule has 1 aliphatic rings. The van der Waals surface area contributed by atoms with Gasteiger partial charge in [-0.25, -0.2) is 4.98 Å². The molecule has 0 bridgehead atoms. The number of ether oxygens (including phenoxy) is 1. The number of para-hydroxylation sites is 1. The first kappa shape index (κ1) is 19.5. The molecule has 0 unspecified atom stereocenters. The summed E-state index contributed by atoms with van der Waals surface area (Å²) >= 11 is 0. The third kappa shape index (κ3) is 3.59. The molecule has 0 radical (unpaired) electrons. The number of rotatable bonds is 6. The van der Waals surface area contributed by atoms with Crippen molar-refractivity contribution in [2.75, 3.05) is 6.54 Å². The molecule has 1 aromatic heterocycles. The Kier molecular flexibility index (Phi) is 5.14. The van der Waals surface area contributed by atoms with Gasteiger partial charge in [0.1, 0.15) is 0 Å². The number of carbonyl (C=O) groups excluding carboxylic acids is 3. The van der Waals surface area contributed by atoms with Crippen LogP contribution in [0.15, 0.2) is 53.3 Å². The lowest BCUT2D eigenvalue weighted by Gasteiger charge is -2.15. The Hall–Kier alpha value is -3.81. The Labute approximate surface area is 171 Å². The molecule has 4 rings (SSSR count). The van der Waals surface area contributed by atoms with Crippen LogP contribution in [-0.4, -0.2) is 39.2 Å². The average Bonchev–Trinajstić information content (AvgIpc) is 2.99. The molecule has 0 saturated heterocycles. The number of nitrogens with one attached hydrogen (secondary N) is 1. The number of hydrogen-bond acceptors (Lipinski definition) is 6. The van der Waals surface area contributed by atoms with Crippen LogP contribution in [0, 0.1) is 0 Å². The molecule has 30 heavy (non-hydrogen) atoms. The number of esters is 1. The zero-order chi connectivity index (χ0) is 21.3. The molecule has 1 aliphatic heterocycles. The lowest BCUT2D eigenvalue weighted by Crippen LogP contribution is -2.31. The van der Waals surface area contributed by atoms with Crippen LogP contribution in [0.5, 0.6) is 0 Å². The molecular weight excluding hydrogens is 386 g/mol. The van der Waals surface area contributed by atoms with Crippen molar-refractivity contribution in [3.63, 3.8) is 0 Å². The number of hydrogen-bond donors (Lipinski definition) is 1. The second-order valence-electron chi connectivity index (χ2n) is 7.01. The Morgan fingerprint density at radius 1 is 1.03 bits per heavy atom. The van der Waals surface area contributed by atoms with Crippen molar-refractivity contribution in [2.45, 2.75) is 25.9 Å². The van der Waals surface area contributed by atoms with Crippen molar-refractivity contribution >= 4 is 28.7 Å². The Balaban J connectivity index is 1.34. The maximum Gasteiger partial charge on any atom is 0.306 e. The number of aromatic amines is 1. The summed E-state index contributed by atoms with van der Waals surface area (Å²) in [5.41, 5.74) is 0.976. The topological polar surface area (TPSA) is 109 Å². The Bertz CT molecular complexity index is 1180. The number of aromatic nitrogens is 2. The summed E-state index contributed by atoms with van der Waals surface area (Å²) in [6.45, 7) is 1.75. The first-order chi connectivity index (χ1) is 14.5. The van der Waals surface area contributed by atoms with Crippen molar-refractivity contribution in [2.24, 2.45) is 0 Å². The highest BCUT2D eigenvalue weighted by molar-refractivity contribution is 6.21. The maximum atomic E-state index is 12.3. The quantitative estimate of drug-likeness (QED) is 0.499. The maximum absolute atomic E-state index is 12.3. The molecule has 8 nitrogen and oxygen atoms in total. The minimum absolute atomic E-state index is 0.0234. The van der Waals surface area contributed by atoms with Crippen molar-refractivity contribution in [3.05, 3.63) is 75.8 Å². The van der Waals surface area contributed by atoms with Crippen LogP contribution >= 0.6 is 0 Å². The highest BCUT2D eigenvalue weighted by Crippen LogP contribution is 2.23. The SMILES string of the molecule is C[C@@H](OC(=O)CCCN1C(=O)c2ccccc2C1=O)c1nc2ccccc2c(=O)[nH]1. The fraction of sp³-hybridized carbons (Fsp3) is 0.227. The van der Waals surface area contributed by atoms with Gasteiger partial charge in [-0.1, -0.05) is 24.3 Å². The minimum Gasteiger partial charge on any atom is -0.454 e. The minimum atomic E-state index is -0.742. The van der Waals surface area contributed by atoms with Crippen LogP contribution < -0.4 is 5.56 Å². The largest absolute Gasteiger partial charge is 0.454 e. The van der Waals surface area contributed by atoms with Gasteiger partial charge in [0.05, 0.1) is 22.0 Å². The van der Waals surface area contributed by atoms with E-state index in [1.807, 2.05) is 0 Å². The molecular formula is C22H19N3O5. The summed E-state index contributed by atoms with van der Waals surface area (Å²) in [5, 5.41) is 0.459. The van der Waals surface area contributed by atoms with E-state index in [2.05, 4.69) is 9.97 Å². The number of H-pyrrole nitrogens is 1. The van der Waals surface area contributed by atoms with Gasteiger partial charge in [0.15, 0.2) is 11.9 Å². The Morgan fingerprint density at radius 2 is 1.67 bits per heavy atom. The van der Waals surface area contributed by atoms with Gasteiger partial charge in [0.25, 0.3) is 17.4 Å².